The van der Waals surface area contributed by atoms with E-state index in [1.54, 1.807) is 12.1 Å². The molecule has 1 saturated carbocycles. The fourth-order valence-electron chi connectivity index (χ4n) is 3.75. The standard InChI is InChI=1S/C23H23FN6O3/c1-2-10-30-20-19(22(32)29-23(30)33)14(11-18(28-20)13-6-7-13)21(31)27-9-8-26-17-5-3-4-16(24)15(17)12-25/h3-5,11,13,26H,2,6-10H2,1H3,(H,27,31)(H,29,32,33). The van der Waals surface area contributed by atoms with Crippen LogP contribution < -0.4 is 21.9 Å². The van der Waals surface area contributed by atoms with Gasteiger partial charge in [0.05, 0.1) is 16.6 Å². The summed E-state index contributed by atoms with van der Waals surface area (Å²) in [5.74, 6) is -0.887. The number of carbonyl (C=O) groups is 1. The Kier molecular flexibility index (Phi) is 6.22. The summed E-state index contributed by atoms with van der Waals surface area (Å²) in [7, 11) is 0. The number of nitriles is 1. The number of H-pyrrole nitrogens is 1. The van der Waals surface area contributed by atoms with Crippen LogP contribution in [-0.4, -0.2) is 33.5 Å². The van der Waals surface area contributed by atoms with E-state index in [2.05, 4.69) is 20.6 Å². The Morgan fingerprint density at radius 3 is 2.82 bits per heavy atom. The van der Waals surface area contributed by atoms with Gasteiger partial charge in [-0.05, 0) is 37.5 Å². The van der Waals surface area contributed by atoms with Gasteiger partial charge in [0.15, 0.2) is 5.65 Å². The van der Waals surface area contributed by atoms with Crippen molar-refractivity contribution in [1.29, 1.82) is 5.26 Å². The predicted molar refractivity (Wildman–Crippen MR) is 121 cm³/mol. The summed E-state index contributed by atoms with van der Waals surface area (Å²) < 4.78 is 15.1. The smallest absolute Gasteiger partial charge is 0.329 e. The second-order valence-electron chi connectivity index (χ2n) is 7.94. The van der Waals surface area contributed by atoms with Crippen LogP contribution in [0.3, 0.4) is 0 Å². The molecule has 1 amide bonds. The van der Waals surface area contributed by atoms with Crippen molar-refractivity contribution in [2.75, 3.05) is 18.4 Å². The monoisotopic (exact) mass is 450 g/mol. The number of nitrogens with zero attached hydrogens (tertiary/aromatic N) is 3. The SMILES string of the molecule is CCCn1c(=O)[nH]c(=O)c2c(C(=O)NCCNc3cccc(F)c3C#N)cc(C3CC3)nc21. The number of aromatic amines is 1. The van der Waals surface area contributed by atoms with Crippen molar-refractivity contribution in [1.82, 2.24) is 19.9 Å². The van der Waals surface area contributed by atoms with E-state index in [9.17, 15) is 18.8 Å². The molecule has 2 heterocycles. The summed E-state index contributed by atoms with van der Waals surface area (Å²) in [6.45, 7) is 2.67. The summed E-state index contributed by atoms with van der Waals surface area (Å²) in [6, 6.07) is 7.70. The molecular weight excluding hydrogens is 427 g/mol. The van der Waals surface area contributed by atoms with Gasteiger partial charge in [-0.2, -0.15) is 5.26 Å². The highest BCUT2D eigenvalue weighted by Gasteiger charge is 2.28. The van der Waals surface area contributed by atoms with Crippen LogP contribution in [-0.2, 0) is 6.54 Å². The predicted octanol–water partition coefficient (Wildman–Crippen LogP) is 2.22. The van der Waals surface area contributed by atoms with Gasteiger partial charge in [-0.3, -0.25) is 19.1 Å². The molecular formula is C23H23FN6O3. The van der Waals surface area contributed by atoms with Gasteiger partial charge < -0.3 is 10.6 Å². The van der Waals surface area contributed by atoms with Crippen molar-refractivity contribution < 1.29 is 9.18 Å². The first-order chi connectivity index (χ1) is 15.9. The first-order valence-electron chi connectivity index (χ1n) is 10.8. The minimum Gasteiger partial charge on any atom is -0.382 e. The average molecular weight is 450 g/mol. The van der Waals surface area contributed by atoms with Gasteiger partial charge in [-0.15, -0.1) is 0 Å². The maximum Gasteiger partial charge on any atom is 0.329 e. The Balaban J connectivity index is 1.60. The van der Waals surface area contributed by atoms with Crippen LogP contribution in [0.1, 0.15) is 53.7 Å². The molecule has 4 rings (SSSR count). The summed E-state index contributed by atoms with van der Waals surface area (Å²) in [4.78, 5) is 44.9. The molecule has 1 aliphatic rings. The van der Waals surface area contributed by atoms with Crippen LogP contribution >= 0.6 is 0 Å². The molecule has 170 valence electrons. The Morgan fingerprint density at radius 1 is 1.33 bits per heavy atom. The largest absolute Gasteiger partial charge is 0.382 e. The van der Waals surface area contributed by atoms with Crippen molar-refractivity contribution in [2.24, 2.45) is 0 Å². The lowest BCUT2D eigenvalue weighted by molar-refractivity contribution is 0.0956. The molecule has 1 fully saturated rings. The normalized spacial score (nSPS) is 13.0. The third-order valence-corrected chi connectivity index (χ3v) is 5.51. The van der Waals surface area contributed by atoms with E-state index < -0.39 is 23.0 Å². The minimum absolute atomic E-state index is 0.0785. The van der Waals surface area contributed by atoms with Gasteiger partial charge in [-0.25, -0.2) is 14.2 Å². The number of hydrogen-bond donors (Lipinski definition) is 3. The molecule has 0 radical (unpaired) electrons. The quantitative estimate of drug-likeness (QED) is 0.451. The lowest BCUT2D eigenvalue weighted by Gasteiger charge is -2.13. The zero-order valence-electron chi connectivity index (χ0n) is 18.1. The van der Waals surface area contributed by atoms with E-state index in [4.69, 9.17) is 5.26 Å². The van der Waals surface area contributed by atoms with Crippen LogP contribution in [0.4, 0.5) is 10.1 Å². The number of pyridine rings is 1. The minimum atomic E-state index is -0.654. The van der Waals surface area contributed by atoms with E-state index in [1.807, 2.05) is 13.0 Å². The number of aromatic nitrogens is 3. The molecule has 3 N–H and O–H groups in total. The lowest BCUT2D eigenvalue weighted by atomic mass is 10.1. The number of aryl methyl sites for hydroxylation is 1. The number of nitrogens with one attached hydrogen (secondary N) is 3. The molecule has 3 aromatic rings. The third-order valence-electron chi connectivity index (χ3n) is 5.51. The summed E-state index contributed by atoms with van der Waals surface area (Å²) in [6.07, 6.45) is 2.55. The van der Waals surface area contributed by atoms with E-state index in [0.717, 1.165) is 12.8 Å². The van der Waals surface area contributed by atoms with Gasteiger partial charge in [0.1, 0.15) is 17.4 Å². The van der Waals surface area contributed by atoms with Gasteiger partial charge in [-0.1, -0.05) is 13.0 Å². The molecule has 0 atom stereocenters. The number of benzene rings is 1. The fraction of sp³-hybridized carbons (Fsp3) is 0.348. The molecule has 10 heteroatoms. The maximum absolute atomic E-state index is 13.7. The van der Waals surface area contributed by atoms with E-state index in [0.29, 0.717) is 24.3 Å². The first-order valence-corrected chi connectivity index (χ1v) is 10.8. The topological polar surface area (TPSA) is 133 Å². The van der Waals surface area contributed by atoms with Gasteiger partial charge in [0.25, 0.3) is 11.5 Å². The second-order valence-corrected chi connectivity index (χ2v) is 7.94. The number of hydrogen-bond acceptors (Lipinski definition) is 6. The molecule has 0 saturated heterocycles. The number of carbonyl (C=O) groups excluding carboxylic acids is 1. The van der Waals surface area contributed by atoms with Crippen molar-refractivity contribution >= 4 is 22.6 Å². The van der Waals surface area contributed by atoms with Crippen LogP contribution in [0, 0.1) is 17.1 Å². The highest BCUT2D eigenvalue weighted by Crippen LogP contribution is 2.39. The number of rotatable bonds is 8. The molecule has 1 aromatic carbocycles. The summed E-state index contributed by atoms with van der Waals surface area (Å²) in [5, 5.41) is 14.9. The zero-order valence-corrected chi connectivity index (χ0v) is 18.1. The van der Waals surface area contributed by atoms with E-state index in [-0.39, 0.29) is 41.2 Å². The van der Waals surface area contributed by atoms with Crippen molar-refractivity contribution in [3.8, 4) is 6.07 Å². The molecule has 9 nitrogen and oxygen atoms in total. The van der Waals surface area contributed by atoms with E-state index in [1.165, 1.54) is 16.7 Å². The van der Waals surface area contributed by atoms with Gasteiger partial charge >= 0.3 is 5.69 Å². The average Bonchev–Trinajstić information content (AvgIpc) is 3.64. The Labute approximate surface area is 188 Å². The molecule has 0 bridgehead atoms. The van der Waals surface area contributed by atoms with Gasteiger partial charge in [0, 0.05) is 31.2 Å². The zero-order chi connectivity index (χ0) is 23.5. The Bertz CT molecular complexity index is 1380. The lowest BCUT2D eigenvalue weighted by Crippen LogP contribution is -2.34. The third kappa shape index (κ3) is 4.48. The van der Waals surface area contributed by atoms with Crippen LogP contribution in [0.15, 0.2) is 33.9 Å². The van der Waals surface area contributed by atoms with Crippen LogP contribution in [0.5, 0.6) is 0 Å². The highest BCUT2D eigenvalue weighted by molar-refractivity contribution is 6.05. The van der Waals surface area contributed by atoms with E-state index >= 15 is 0 Å². The molecule has 2 aromatic heterocycles. The Hall–Kier alpha value is -4.00. The number of fused-ring (bicyclic) bond motifs is 1. The van der Waals surface area contributed by atoms with Crippen LogP contribution in [0.2, 0.25) is 0 Å². The number of halogens is 1. The Morgan fingerprint density at radius 2 is 2.12 bits per heavy atom. The molecule has 33 heavy (non-hydrogen) atoms. The van der Waals surface area contributed by atoms with Crippen molar-refractivity contribution in [3.05, 3.63) is 67.7 Å². The van der Waals surface area contributed by atoms with Crippen molar-refractivity contribution in [2.45, 2.75) is 38.6 Å². The number of anilines is 1. The van der Waals surface area contributed by atoms with Crippen molar-refractivity contribution in [3.63, 3.8) is 0 Å². The number of amides is 1. The first kappa shape index (κ1) is 22.2. The summed E-state index contributed by atoms with van der Waals surface area (Å²) in [5.41, 5.74) is 0.107. The second kappa shape index (κ2) is 9.24. The molecule has 0 aliphatic heterocycles. The molecule has 1 aliphatic carbocycles. The maximum atomic E-state index is 13.7. The van der Waals surface area contributed by atoms with Gasteiger partial charge in [0.2, 0.25) is 0 Å². The highest BCUT2D eigenvalue weighted by atomic mass is 19.1. The fourth-order valence-corrected chi connectivity index (χ4v) is 3.75. The molecule has 0 spiro atoms. The van der Waals surface area contributed by atoms with Crippen LogP contribution in [0.25, 0.3) is 11.0 Å². The molecule has 0 unspecified atom stereocenters. The summed E-state index contributed by atoms with van der Waals surface area (Å²) >= 11 is 0.